The Kier molecular flexibility index (Phi) is 3.38. The minimum absolute atomic E-state index is 0.156. The fraction of sp³-hybridized carbons (Fsp3) is 0.312. The smallest absolute Gasteiger partial charge is 0.105 e. The number of aryl methyl sites for hydroxylation is 2. The minimum Gasteiger partial charge on any atom is -0.346 e. The third-order valence-electron chi connectivity index (χ3n) is 3.56. The maximum Gasteiger partial charge on any atom is 0.105 e. The number of para-hydroxylation sites is 1. The van der Waals surface area contributed by atoms with Gasteiger partial charge in [0.2, 0.25) is 0 Å². The van der Waals surface area contributed by atoms with Crippen molar-refractivity contribution in [3.05, 3.63) is 51.2 Å². The number of rotatable bonds is 3. The van der Waals surface area contributed by atoms with Crippen LogP contribution in [0.2, 0.25) is 0 Å². The van der Waals surface area contributed by atoms with Gasteiger partial charge < -0.3 is 5.32 Å². The molecule has 2 aromatic rings. The first kappa shape index (κ1) is 12.4. The van der Waals surface area contributed by atoms with Crippen LogP contribution in [0.1, 0.15) is 40.8 Å². The molecule has 1 aromatic heterocycles. The van der Waals surface area contributed by atoms with E-state index in [1.54, 1.807) is 0 Å². The van der Waals surface area contributed by atoms with E-state index in [0.29, 0.717) is 0 Å². The van der Waals surface area contributed by atoms with Crippen molar-refractivity contribution in [2.75, 3.05) is 5.32 Å². The van der Waals surface area contributed by atoms with Crippen LogP contribution < -0.4 is 5.32 Å². The Balaban J connectivity index is 2.09. The summed E-state index contributed by atoms with van der Waals surface area (Å²) >= 11 is 1.93. The van der Waals surface area contributed by atoms with E-state index in [9.17, 15) is 0 Å². The topological polar surface area (TPSA) is 24.4 Å². The molecule has 2 heterocycles. The predicted octanol–water partition coefficient (Wildman–Crippen LogP) is 4.42. The van der Waals surface area contributed by atoms with Gasteiger partial charge in [-0.05, 0) is 30.5 Å². The lowest BCUT2D eigenvalue weighted by atomic mass is 9.96. The summed E-state index contributed by atoms with van der Waals surface area (Å²) in [5.41, 5.74) is 3.84. The molecule has 0 saturated heterocycles. The van der Waals surface area contributed by atoms with Gasteiger partial charge in [-0.15, -0.1) is 11.3 Å². The molecule has 1 atom stereocenters. The molecule has 1 aliphatic rings. The molecule has 1 aromatic carbocycles. The third kappa shape index (κ3) is 2.19. The molecule has 0 aliphatic carbocycles. The van der Waals surface area contributed by atoms with Gasteiger partial charge in [-0.2, -0.15) is 0 Å². The van der Waals surface area contributed by atoms with Gasteiger partial charge in [0.1, 0.15) is 6.04 Å². The number of thiophene rings is 1. The van der Waals surface area contributed by atoms with Gasteiger partial charge in [-0.25, -0.2) is 0 Å². The highest BCUT2D eigenvalue weighted by molar-refractivity contribution is 7.12. The minimum atomic E-state index is 0.156. The van der Waals surface area contributed by atoms with E-state index in [1.165, 1.54) is 26.6 Å². The van der Waals surface area contributed by atoms with Gasteiger partial charge in [0, 0.05) is 21.0 Å². The first-order valence-electron chi connectivity index (χ1n) is 6.82. The summed E-state index contributed by atoms with van der Waals surface area (Å²) in [6.45, 7) is 4.44. The molecular weight excluding hydrogens is 252 g/mol. The van der Waals surface area contributed by atoms with Gasteiger partial charge in [0.25, 0.3) is 0 Å². The lowest BCUT2D eigenvalue weighted by Gasteiger charge is -2.21. The van der Waals surface area contributed by atoms with E-state index in [1.807, 2.05) is 17.7 Å². The number of anilines is 1. The zero-order valence-corrected chi connectivity index (χ0v) is 12.1. The van der Waals surface area contributed by atoms with Crippen molar-refractivity contribution < 1.29 is 0 Å². The quantitative estimate of drug-likeness (QED) is 0.877. The molecule has 0 spiro atoms. The second-order valence-corrected chi connectivity index (χ2v) is 5.93. The van der Waals surface area contributed by atoms with Gasteiger partial charge in [0.05, 0.1) is 6.34 Å². The standard InChI is InChI=1S/C16H18N2S/c1-3-11-9-13(15(4-2)19-11)16-12-7-5-6-8-14(12)17-10-18-16/h5-10,16H,3-4H2,1-2H3,(H,17,18). The van der Waals surface area contributed by atoms with Crippen molar-refractivity contribution >= 4 is 23.4 Å². The molecule has 0 saturated carbocycles. The molecule has 0 radical (unpaired) electrons. The number of benzene rings is 1. The molecule has 3 heteroatoms. The molecule has 1 N–H and O–H groups in total. The molecule has 2 nitrogen and oxygen atoms in total. The van der Waals surface area contributed by atoms with E-state index in [2.05, 4.69) is 54.5 Å². The van der Waals surface area contributed by atoms with Crippen LogP contribution in [-0.4, -0.2) is 6.34 Å². The monoisotopic (exact) mass is 270 g/mol. The van der Waals surface area contributed by atoms with Crippen molar-refractivity contribution in [2.24, 2.45) is 4.99 Å². The van der Waals surface area contributed by atoms with Crippen molar-refractivity contribution in [2.45, 2.75) is 32.7 Å². The highest BCUT2D eigenvalue weighted by Gasteiger charge is 2.22. The maximum absolute atomic E-state index is 4.67. The van der Waals surface area contributed by atoms with Crippen LogP contribution >= 0.6 is 11.3 Å². The molecule has 0 fully saturated rings. The summed E-state index contributed by atoms with van der Waals surface area (Å²) in [6.07, 6.45) is 4.02. The van der Waals surface area contributed by atoms with Crippen molar-refractivity contribution in [1.29, 1.82) is 0 Å². The fourth-order valence-electron chi connectivity index (χ4n) is 2.56. The highest BCUT2D eigenvalue weighted by atomic mass is 32.1. The van der Waals surface area contributed by atoms with E-state index < -0.39 is 0 Å². The molecule has 19 heavy (non-hydrogen) atoms. The number of aliphatic imine (C=N–C) groups is 1. The largest absolute Gasteiger partial charge is 0.346 e. The van der Waals surface area contributed by atoms with Crippen LogP contribution in [0.4, 0.5) is 5.69 Å². The summed E-state index contributed by atoms with van der Waals surface area (Å²) in [5, 5.41) is 3.23. The average Bonchev–Trinajstić information content (AvgIpc) is 2.90. The van der Waals surface area contributed by atoms with Gasteiger partial charge >= 0.3 is 0 Å². The van der Waals surface area contributed by atoms with Crippen molar-refractivity contribution in [1.82, 2.24) is 0 Å². The zero-order valence-electron chi connectivity index (χ0n) is 11.3. The Bertz CT molecular complexity index is 613. The Hall–Kier alpha value is -1.61. The summed E-state index contributed by atoms with van der Waals surface area (Å²) in [7, 11) is 0. The molecule has 3 rings (SSSR count). The molecule has 0 bridgehead atoms. The van der Waals surface area contributed by atoms with E-state index in [4.69, 9.17) is 0 Å². The first-order chi connectivity index (χ1) is 9.33. The SMILES string of the molecule is CCc1cc(C2N=CNc3ccccc32)c(CC)s1. The second-order valence-electron chi connectivity index (χ2n) is 4.71. The van der Waals surface area contributed by atoms with E-state index in [0.717, 1.165) is 12.8 Å². The van der Waals surface area contributed by atoms with E-state index in [-0.39, 0.29) is 6.04 Å². The summed E-state index contributed by atoms with van der Waals surface area (Å²) in [4.78, 5) is 7.59. The van der Waals surface area contributed by atoms with Crippen LogP contribution in [0, 0.1) is 0 Å². The second kappa shape index (κ2) is 5.17. The van der Waals surface area contributed by atoms with Gasteiger partial charge in [0.15, 0.2) is 0 Å². The summed E-state index contributed by atoms with van der Waals surface area (Å²) in [6, 6.07) is 10.9. The van der Waals surface area contributed by atoms with Gasteiger partial charge in [-0.1, -0.05) is 32.0 Å². The van der Waals surface area contributed by atoms with E-state index >= 15 is 0 Å². The lowest BCUT2D eigenvalue weighted by molar-refractivity contribution is 0.858. The molecule has 0 amide bonds. The Labute approximate surface area is 118 Å². The zero-order chi connectivity index (χ0) is 13.2. The molecule has 1 unspecified atom stereocenters. The van der Waals surface area contributed by atoms with Crippen molar-refractivity contribution in [3.8, 4) is 0 Å². The molecule has 98 valence electrons. The van der Waals surface area contributed by atoms with Crippen LogP contribution in [0.25, 0.3) is 0 Å². The summed E-state index contributed by atoms with van der Waals surface area (Å²) in [5.74, 6) is 0. The number of hydrogen-bond acceptors (Lipinski definition) is 3. The first-order valence-corrected chi connectivity index (χ1v) is 7.63. The number of fused-ring (bicyclic) bond motifs is 1. The maximum atomic E-state index is 4.67. The number of hydrogen-bond donors (Lipinski definition) is 1. The molecule has 1 aliphatic heterocycles. The number of nitrogens with zero attached hydrogens (tertiary/aromatic N) is 1. The number of nitrogens with one attached hydrogen (secondary N) is 1. The molecular formula is C16H18N2S. The Morgan fingerprint density at radius 3 is 2.79 bits per heavy atom. The highest BCUT2D eigenvalue weighted by Crippen LogP contribution is 2.38. The van der Waals surface area contributed by atoms with Gasteiger partial charge in [-0.3, -0.25) is 4.99 Å². The average molecular weight is 270 g/mol. The normalized spacial score (nSPS) is 17.1. The Morgan fingerprint density at radius 2 is 2.00 bits per heavy atom. The Morgan fingerprint density at radius 1 is 1.16 bits per heavy atom. The lowest BCUT2D eigenvalue weighted by Crippen LogP contribution is -2.11. The van der Waals surface area contributed by atoms with Crippen LogP contribution in [0.3, 0.4) is 0 Å². The summed E-state index contributed by atoms with van der Waals surface area (Å²) < 4.78 is 0. The van der Waals surface area contributed by atoms with Crippen molar-refractivity contribution in [3.63, 3.8) is 0 Å². The van der Waals surface area contributed by atoms with Crippen LogP contribution in [-0.2, 0) is 12.8 Å². The fourth-order valence-corrected chi connectivity index (χ4v) is 3.64. The van der Waals surface area contributed by atoms with Crippen LogP contribution in [0.5, 0.6) is 0 Å². The predicted molar refractivity (Wildman–Crippen MR) is 83.5 cm³/mol. The van der Waals surface area contributed by atoms with Crippen LogP contribution in [0.15, 0.2) is 35.3 Å². The third-order valence-corrected chi connectivity index (χ3v) is 5.00.